The van der Waals surface area contributed by atoms with Crippen LogP contribution in [0.15, 0.2) is 48.5 Å². The van der Waals surface area contributed by atoms with E-state index in [4.69, 9.17) is 0 Å². The van der Waals surface area contributed by atoms with Crippen molar-refractivity contribution in [3.05, 3.63) is 70.8 Å². The first kappa shape index (κ1) is 18.4. The van der Waals surface area contributed by atoms with Crippen LogP contribution in [0.2, 0.25) is 0 Å². The number of hydrogen-bond acceptors (Lipinski definition) is 2. The molecule has 2 unspecified atom stereocenters. The minimum absolute atomic E-state index is 0.0808. The molecule has 0 spiro atoms. The molecule has 1 saturated heterocycles. The highest BCUT2D eigenvalue weighted by Gasteiger charge is 2.49. The summed E-state index contributed by atoms with van der Waals surface area (Å²) in [6.07, 6.45) is 5.39. The van der Waals surface area contributed by atoms with Gasteiger partial charge in [0.05, 0.1) is 12.0 Å². The van der Waals surface area contributed by atoms with Crippen molar-refractivity contribution in [2.24, 2.45) is 0 Å². The maximum Gasteiger partial charge on any atom is 0.254 e. The number of rotatable bonds is 3. The van der Waals surface area contributed by atoms with E-state index in [2.05, 4.69) is 25.1 Å². The number of nitrogens with zero attached hydrogens (tertiary/aromatic N) is 2. The molecule has 3 aliphatic rings. The van der Waals surface area contributed by atoms with Gasteiger partial charge in [-0.25, -0.2) is 0 Å². The smallest absolute Gasteiger partial charge is 0.254 e. The predicted molar refractivity (Wildman–Crippen MR) is 113 cm³/mol. The van der Waals surface area contributed by atoms with Gasteiger partial charge in [-0.15, -0.1) is 0 Å². The second-order valence-corrected chi connectivity index (χ2v) is 8.75. The lowest BCUT2D eigenvalue weighted by Gasteiger charge is -2.44. The van der Waals surface area contributed by atoms with Crippen molar-refractivity contribution in [1.29, 1.82) is 0 Å². The number of aryl methyl sites for hydroxylation is 1. The quantitative estimate of drug-likeness (QED) is 0.779. The van der Waals surface area contributed by atoms with E-state index in [1.54, 1.807) is 0 Å². The zero-order chi connectivity index (χ0) is 20.0. The van der Waals surface area contributed by atoms with Crippen molar-refractivity contribution in [2.75, 3.05) is 13.1 Å². The van der Waals surface area contributed by atoms with E-state index in [0.717, 1.165) is 55.5 Å². The molecule has 150 valence electrons. The monoisotopic (exact) mass is 388 g/mol. The molecule has 0 N–H and O–H groups in total. The van der Waals surface area contributed by atoms with Crippen molar-refractivity contribution in [3.8, 4) is 0 Å². The molecule has 0 bridgehead atoms. The molecule has 29 heavy (non-hydrogen) atoms. The summed E-state index contributed by atoms with van der Waals surface area (Å²) in [5.74, 6) is -0.0662. The minimum atomic E-state index is -0.329. The van der Waals surface area contributed by atoms with Crippen LogP contribution in [0.5, 0.6) is 0 Å². The van der Waals surface area contributed by atoms with E-state index >= 15 is 0 Å². The molecule has 0 aromatic heterocycles. The van der Waals surface area contributed by atoms with Gasteiger partial charge in [0.2, 0.25) is 5.91 Å². The first-order chi connectivity index (χ1) is 14.1. The lowest BCUT2D eigenvalue weighted by atomic mass is 9.78. The van der Waals surface area contributed by atoms with Gasteiger partial charge in [0, 0.05) is 24.7 Å². The summed E-state index contributed by atoms with van der Waals surface area (Å²) in [7, 11) is 0. The number of fused-ring (bicyclic) bond motifs is 1. The van der Waals surface area contributed by atoms with Crippen molar-refractivity contribution < 1.29 is 9.59 Å². The number of piperidine rings is 1. The molecule has 2 fully saturated rings. The molecule has 1 aliphatic carbocycles. The average molecular weight is 389 g/mol. The van der Waals surface area contributed by atoms with Gasteiger partial charge in [-0.1, -0.05) is 48.0 Å². The third kappa shape index (κ3) is 3.25. The molecular weight excluding hydrogens is 360 g/mol. The van der Waals surface area contributed by atoms with E-state index < -0.39 is 0 Å². The normalized spacial score (nSPS) is 24.4. The molecular formula is C25H28N2O2. The summed E-state index contributed by atoms with van der Waals surface area (Å²) in [6.45, 7) is 3.73. The Labute approximate surface area is 172 Å². The van der Waals surface area contributed by atoms with Gasteiger partial charge in [0.25, 0.3) is 5.91 Å². The Balaban J connectivity index is 1.66. The minimum Gasteiger partial charge on any atom is -0.342 e. The maximum absolute atomic E-state index is 13.9. The Bertz CT molecular complexity index is 943. The molecule has 2 heterocycles. The van der Waals surface area contributed by atoms with Crippen molar-refractivity contribution >= 4 is 11.8 Å². The van der Waals surface area contributed by atoms with Gasteiger partial charge < -0.3 is 9.80 Å². The Morgan fingerprint density at radius 3 is 2.45 bits per heavy atom. The van der Waals surface area contributed by atoms with Gasteiger partial charge in [-0.3, -0.25) is 9.59 Å². The first-order valence-electron chi connectivity index (χ1n) is 10.9. The molecule has 2 atom stereocenters. The van der Waals surface area contributed by atoms with E-state index in [0.29, 0.717) is 5.56 Å². The average Bonchev–Trinajstić information content (AvgIpc) is 3.59. The van der Waals surface area contributed by atoms with Crippen LogP contribution in [0.1, 0.15) is 71.1 Å². The molecule has 1 saturated carbocycles. The topological polar surface area (TPSA) is 40.6 Å². The van der Waals surface area contributed by atoms with E-state index in [9.17, 15) is 9.59 Å². The van der Waals surface area contributed by atoms with E-state index in [1.807, 2.05) is 40.1 Å². The summed E-state index contributed by atoms with van der Waals surface area (Å²) in [4.78, 5) is 31.4. The highest BCUT2D eigenvalue weighted by molar-refractivity contribution is 6.01. The van der Waals surface area contributed by atoms with Crippen molar-refractivity contribution in [2.45, 2.75) is 57.0 Å². The Hall–Kier alpha value is -2.62. The van der Waals surface area contributed by atoms with E-state index in [-0.39, 0.29) is 29.8 Å². The highest BCUT2D eigenvalue weighted by Crippen LogP contribution is 2.48. The zero-order valence-corrected chi connectivity index (χ0v) is 17.0. The first-order valence-corrected chi connectivity index (χ1v) is 10.9. The van der Waals surface area contributed by atoms with Crippen molar-refractivity contribution in [3.63, 3.8) is 0 Å². The number of hydrogen-bond donors (Lipinski definition) is 0. The van der Waals surface area contributed by atoms with Crippen LogP contribution >= 0.6 is 0 Å². The molecule has 5 rings (SSSR count). The fourth-order valence-corrected chi connectivity index (χ4v) is 5.09. The van der Waals surface area contributed by atoms with Crippen molar-refractivity contribution in [1.82, 2.24) is 9.80 Å². The Kier molecular flexibility index (Phi) is 4.65. The molecule has 2 aromatic carbocycles. The number of benzene rings is 2. The zero-order valence-electron chi connectivity index (χ0n) is 17.0. The second-order valence-electron chi connectivity index (χ2n) is 8.75. The van der Waals surface area contributed by atoms with Crippen LogP contribution in [-0.4, -0.2) is 40.7 Å². The maximum atomic E-state index is 13.9. The lowest BCUT2D eigenvalue weighted by Crippen LogP contribution is -2.50. The second kappa shape index (κ2) is 7.33. The van der Waals surface area contributed by atoms with Gasteiger partial charge in [0.15, 0.2) is 0 Å². The van der Waals surface area contributed by atoms with Crippen LogP contribution < -0.4 is 0 Å². The molecule has 0 radical (unpaired) electrons. The van der Waals surface area contributed by atoms with Crippen LogP contribution in [0.4, 0.5) is 0 Å². The number of carbonyl (C=O) groups excluding carboxylic acids is 2. The Morgan fingerprint density at radius 1 is 0.966 bits per heavy atom. The fourth-order valence-electron chi connectivity index (χ4n) is 5.09. The summed E-state index contributed by atoms with van der Waals surface area (Å²) in [6, 6.07) is 16.1. The van der Waals surface area contributed by atoms with Gasteiger partial charge in [0.1, 0.15) is 0 Å². The SMILES string of the molecule is Cc1cccc(C2C(C(=O)N3CCCCC3)c3ccccc3C(=O)N2C2CC2)c1. The number of carbonyl (C=O) groups is 2. The van der Waals surface area contributed by atoms with Crippen LogP contribution in [0, 0.1) is 6.92 Å². The third-order valence-electron chi connectivity index (χ3n) is 6.63. The predicted octanol–water partition coefficient (Wildman–Crippen LogP) is 4.45. The molecule has 4 heteroatoms. The summed E-state index contributed by atoms with van der Waals surface area (Å²) in [5.41, 5.74) is 3.85. The number of amides is 2. The van der Waals surface area contributed by atoms with Gasteiger partial charge in [-0.05, 0) is 56.2 Å². The van der Waals surface area contributed by atoms with Crippen LogP contribution in [0.3, 0.4) is 0 Å². The van der Waals surface area contributed by atoms with Crippen LogP contribution in [-0.2, 0) is 4.79 Å². The van der Waals surface area contributed by atoms with Gasteiger partial charge in [-0.2, -0.15) is 0 Å². The fraction of sp³-hybridized carbons (Fsp3) is 0.440. The van der Waals surface area contributed by atoms with Crippen LogP contribution in [0.25, 0.3) is 0 Å². The van der Waals surface area contributed by atoms with E-state index in [1.165, 1.54) is 6.42 Å². The largest absolute Gasteiger partial charge is 0.342 e. The summed E-state index contributed by atoms with van der Waals surface area (Å²) in [5, 5.41) is 0. The molecule has 2 amide bonds. The van der Waals surface area contributed by atoms with Gasteiger partial charge >= 0.3 is 0 Å². The summed E-state index contributed by atoms with van der Waals surface area (Å²) >= 11 is 0. The molecule has 2 aliphatic heterocycles. The standard InChI is InChI=1S/C25H28N2O2/c1-17-8-7-9-18(16-17)23-22(25(29)26-14-5-2-6-15-26)20-10-3-4-11-21(20)24(28)27(23)19-12-13-19/h3-4,7-11,16,19,22-23H,2,5-6,12-15H2,1H3. The third-order valence-corrected chi connectivity index (χ3v) is 6.63. The lowest BCUT2D eigenvalue weighted by molar-refractivity contribution is -0.135. The molecule has 2 aromatic rings. The molecule has 4 nitrogen and oxygen atoms in total. The number of likely N-dealkylation sites (tertiary alicyclic amines) is 1. The Morgan fingerprint density at radius 2 is 1.72 bits per heavy atom. The summed E-state index contributed by atoms with van der Waals surface area (Å²) < 4.78 is 0. The highest BCUT2D eigenvalue weighted by atomic mass is 16.2.